The predicted octanol–water partition coefficient (Wildman–Crippen LogP) is 17.1. The van der Waals surface area contributed by atoms with Crippen LogP contribution in [0.5, 0.6) is 11.5 Å². The minimum absolute atomic E-state index is 0.800. The third kappa shape index (κ3) is 7.74. The van der Waals surface area contributed by atoms with E-state index in [1.165, 1.54) is 21.5 Å². The van der Waals surface area contributed by atoms with E-state index in [0.717, 1.165) is 99.5 Å². The topological polar surface area (TPSA) is 28.3 Å². The highest BCUT2D eigenvalue weighted by Crippen LogP contribution is 2.61. The lowest BCUT2D eigenvalue weighted by Crippen LogP contribution is -2.30. The zero-order chi connectivity index (χ0) is 52.3. The average Bonchev–Trinajstić information content (AvgIpc) is 2.75. The van der Waals surface area contributed by atoms with Gasteiger partial charge in [-0.1, -0.05) is 243 Å². The SMILES string of the molecule is c1ccc(-n2c3ccccc3c3cccc(C4(c5cccc6c7ccccc7n(-c7ccccc7)c56)c5cc(OP(c6ccccc6)c6ccccc6)ccc5-c5ccc(OP(c6ccccc6)c6ccccc6)cc54)c32)cc1. The molecule has 0 N–H and O–H groups in total. The molecule has 0 amide bonds. The number of rotatable bonds is 12. The Bertz CT molecular complexity index is 4170. The van der Waals surface area contributed by atoms with Crippen molar-refractivity contribution in [2.75, 3.05) is 0 Å². The van der Waals surface area contributed by atoms with Gasteiger partial charge in [0.2, 0.25) is 0 Å². The summed E-state index contributed by atoms with van der Waals surface area (Å²) in [6.45, 7) is 0. The van der Waals surface area contributed by atoms with E-state index in [-0.39, 0.29) is 0 Å². The maximum atomic E-state index is 7.54. The number of para-hydroxylation sites is 6. The molecule has 1 aliphatic rings. The van der Waals surface area contributed by atoms with Crippen molar-refractivity contribution in [1.29, 1.82) is 0 Å². The normalized spacial score (nSPS) is 12.6. The van der Waals surface area contributed by atoms with Gasteiger partial charge in [0, 0.05) is 54.1 Å². The standard InChI is InChI=1S/C73H50N2O2P2/c1-7-25-51(26-8-1)74-69-43-21-19-37-61(69)63-39-23-41-65(71(63)74)73(66-42-24-40-64-62-38-20-22-44-70(62)75(72(64)66)52-27-9-2-10-28-52)67-49-53(76-78(55-29-11-3-12-30-55)56-31-13-4-14-32-56)45-47-59(67)60-48-46-54(50-68(60)73)77-79(57-33-15-5-16-34-57)58-35-17-6-18-36-58/h1-50H. The first-order chi connectivity index (χ1) is 39.2. The van der Waals surface area contributed by atoms with Gasteiger partial charge in [0.05, 0.1) is 27.5 Å². The molecule has 4 nitrogen and oxygen atoms in total. The molecule has 79 heavy (non-hydrogen) atoms. The van der Waals surface area contributed by atoms with Gasteiger partial charge >= 0.3 is 0 Å². The van der Waals surface area contributed by atoms with E-state index in [0.29, 0.717) is 0 Å². The van der Waals surface area contributed by atoms with E-state index < -0.39 is 21.7 Å². The summed E-state index contributed by atoms with van der Waals surface area (Å²) in [4.78, 5) is 0. The maximum absolute atomic E-state index is 7.54. The highest BCUT2D eigenvalue weighted by atomic mass is 31.1. The van der Waals surface area contributed by atoms with Gasteiger partial charge in [-0.25, -0.2) is 0 Å². The van der Waals surface area contributed by atoms with Crippen molar-refractivity contribution >= 4 is 81.1 Å². The molecule has 0 aliphatic heterocycles. The van der Waals surface area contributed by atoms with Crippen LogP contribution in [0.4, 0.5) is 0 Å². The molecule has 0 atom stereocenters. The van der Waals surface area contributed by atoms with E-state index in [2.05, 4.69) is 312 Å². The van der Waals surface area contributed by atoms with Crippen LogP contribution in [0.3, 0.4) is 0 Å². The van der Waals surface area contributed by atoms with Crippen LogP contribution in [0.15, 0.2) is 303 Å². The number of fused-ring (bicyclic) bond motifs is 9. The van der Waals surface area contributed by atoms with Gasteiger partial charge in [0.1, 0.15) is 11.5 Å². The Kier molecular flexibility index (Phi) is 11.7. The summed E-state index contributed by atoms with van der Waals surface area (Å²) >= 11 is 0. The van der Waals surface area contributed by atoms with E-state index >= 15 is 0 Å². The minimum atomic E-state index is -1.27. The fourth-order valence-electron chi connectivity index (χ4n) is 12.4. The zero-order valence-corrected chi connectivity index (χ0v) is 44.8. The highest BCUT2D eigenvalue weighted by molar-refractivity contribution is 7.69. The molecule has 0 saturated heterocycles. The molecule has 2 heterocycles. The predicted molar refractivity (Wildman–Crippen MR) is 332 cm³/mol. The lowest BCUT2D eigenvalue weighted by molar-refractivity contribution is 0.622. The van der Waals surface area contributed by atoms with Crippen LogP contribution >= 0.6 is 16.3 Å². The van der Waals surface area contributed by atoms with E-state index in [1.807, 2.05) is 0 Å². The van der Waals surface area contributed by atoms with Crippen LogP contribution in [0, 0.1) is 0 Å². The quantitative estimate of drug-likeness (QED) is 0.114. The number of hydrogen-bond donors (Lipinski definition) is 0. The first-order valence-electron chi connectivity index (χ1n) is 26.8. The first kappa shape index (κ1) is 47.0. The number of hydrogen-bond acceptors (Lipinski definition) is 2. The van der Waals surface area contributed by atoms with Gasteiger partial charge in [-0.05, 0) is 94.0 Å². The van der Waals surface area contributed by atoms with Gasteiger partial charge in [-0.2, -0.15) is 0 Å². The van der Waals surface area contributed by atoms with Crippen molar-refractivity contribution in [3.63, 3.8) is 0 Å². The van der Waals surface area contributed by atoms with E-state index in [9.17, 15) is 0 Å². The van der Waals surface area contributed by atoms with Gasteiger partial charge < -0.3 is 18.2 Å². The Balaban J connectivity index is 1.10. The molecule has 15 rings (SSSR count). The summed E-state index contributed by atoms with van der Waals surface area (Å²) in [6.07, 6.45) is 0. The van der Waals surface area contributed by atoms with Crippen LogP contribution in [0.1, 0.15) is 22.3 Å². The molecular formula is C73H50N2O2P2. The Hall–Kier alpha value is -9.30. The number of aromatic nitrogens is 2. The molecule has 14 aromatic rings. The molecule has 0 spiro atoms. The fourth-order valence-corrected chi connectivity index (χ4v) is 15.9. The Morgan fingerprint density at radius 2 is 0.582 bits per heavy atom. The van der Waals surface area contributed by atoms with Gasteiger partial charge in [0.25, 0.3) is 0 Å². The lowest BCUT2D eigenvalue weighted by atomic mass is 9.66. The second-order valence-corrected chi connectivity index (χ2v) is 23.7. The highest BCUT2D eigenvalue weighted by Gasteiger charge is 2.50. The molecule has 0 bridgehead atoms. The molecule has 6 heteroatoms. The second-order valence-electron chi connectivity index (χ2n) is 20.1. The molecule has 374 valence electrons. The van der Waals surface area contributed by atoms with E-state index in [1.54, 1.807) is 0 Å². The van der Waals surface area contributed by atoms with Crippen molar-refractivity contribution in [2.45, 2.75) is 5.41 Å². The lowest BCUT2D eigenvalue weighted by Gasteiger charge is -2.36. The molecule has 0 saturated carbocycles. The summed E-state index contributed by atoms with van der Waals surface area (Å²) in [7, 11) is -2.55. The fraction of sp³-hybridized carbons (Fsp3) is 0.0137. The average molecular weight is 1050 g/mol. The Morgan fingerprint density at radius 1 is 0.266 bits per heavy atom. The molecule has 2 aromatic heterocycles. The summed E-state index contributed by atoms with van der Waals surface area (Å²) < 4.78 is 20.1. The molecule has 12 aromatic carbocycles. The van der Waals surface area contributed by atoms with Crippen LogP contribution in [-0.4, -0.2) is 9.13 Å². The molecule has 0 unspecified atom stereocenters. The number of benzene rings is 12. The Labute approximate surface area is 461 Å². The third-order valence-corrected chi connectivity index (χ3v) is 19.5. The summed E-state index contributed by atoms with van der Waals surface area (Å²) in [5.74, 6) is 1.60. The largest absolute Gasteiger partial charge is 0.464 e. The zero-order valence-electron chi connectivity index (χ0n) is 43.0. The summed E-state index contributed by atoms with van der Waals surface area (Å²) in [5, 5.41) is 9.30. The first-order valence-corrected chi connectivity index (χ1v) is 29.4. The monoisotopic (exact) mass is 1050 g/mol. The van der Waals surface area contributed by atoms with E-state index in [4.69, 9.17) is 9.05 Å². The summed E-state index contributed by atoms with van der Waals surface area (Å²) in [5.41, 5.74) is 12.6. The Morgan fingerprint density at radius 3 is 0.949 bits per heavy atom. The van der Waals surface area contributed by atoms with Crippen molar-refractivity contribution < 1.29 is 9.05 Å². The van der Waals surface area contributed by atoms with Gasteiger partial charge in [-0.3, -0.25) is 0 Å². The molecular weight excluding hydrogens is 999 g/mol. The second kappa shape index (κ2) is 19.6. The van der Waals surface area contributed by atoms with Gasteiger partial charge in [-0.15, -0.1) is 0 Å². The van der Waals surface area contributed by atoms with Crippen LogP contribution < -0.4 is 30.3 Å². The smallest absolute Gasteiger partial charge is 0.150 e. The minimum Gasteiger partial charge on any atom is -0.464 e. The molecule has 1 aliphatic carbocycles. The molecule has 0 radical (unpaired) electrons. The molecule has 0 fully saturated rings. The van der Waals surface area contributed by atoms with Crippen molar-refractivity contribution in [3.05, 3.63) is 326 Å². The maximum Gasteiger partial charge on any atom is 0.150 e. The van der Waals surface area contributed by atoms with Crippen LogP contribution in [0.25, 0.3) is 66.1 Å². The third-order valence-electron chi connectivity index (χ3n) is 15.7. The van der Waals surface area contributed by atoms with Gasteiger partial charge in [0.15, 0.2) is 16.3 Å². The van der Waals surface area contributed by atoms with Crippen molar-refractivity contribution in [1.82, 2.24) is 9.13 Å². The van der Waals surface area contributed by atoms with Crippen LogP contribution in [0.2, 0.25) is 0 Å². The van der Waals surface area contributed by atoms with Crippen LogP contribution in [-0.2, 0) is 5.41 Å². The van der Waals surface area contributed by atoms with Crippen molar-refractivity contribution in [2.24, 2.45) is 0 Å². The van der Waals surface area contributed by atoms with Crippen molar-refractivity contribution in [3.8, 4) is 34.0 Å². The number of nitrogens with zero attached hydrogens (tertiary/aromatic N) is 2. The summed E-state index contributed by atoms with van der Waals surface area (Å²) in [6, 6.07) is 110.